The molecular weight excluding hydrogens is 256 g/mol. The van der Waals surface area contributed by atoms with Crippen molar-refractivity contribution in [3.05, 3.63) is 58.8 Å². The van der Waals surface area contributed by atoms with Crippen LogP contribution in [0.25, 0.3) is 0 Å². The lowest BCUT2D eigenvalue weighted by Gasteiger charge is -2.07. The molecule has 0 unspecified atom stereocenters. The fraction of sp³-hybridized carbons (Fsp3) is 0.200. The van der Waals surface area contributed by atoms with E-state index < -0.39 is 0 Å². The zero-order valence-corrected chi connectivity index (χ0v) is 10.8. The summed E-state index contributed by atoms with van der Waals surface area (Å²) in [5.74, 6) is 6.06. The van der Waals surface area contributed by atoms with Crippen LogP contribution in [-0.4, -0.2) is 27.9 Å². The van der Waals surface area contributed by atoms with Crippen LogP contribution in [0.4, 0.5) is 0 Å². The Hall–Kier alpha value is -2.58. The monoisotopic (exact) mass is 270 g/mol. The molecule has 5 heteroatoms. The van der Waals surface area contributed by atoms with Crippen molar-refractivity contribution >= 4 is 0 Å². The van der Waals surface area contributed by atoms with E-state index in [1.165, 1.54) is 10.8 Å². The van der Waals surface area contributed by atoms with Crippen molar-refractivity contribution in [2.75, 3.05) is 13.2 Å². The van der Waals surface area contributed by atoms with Gasteiger partial charge in [-0.25, -0.2) is 9.78 Å². The van der Waals surface area contributed by atoms with Gasteiger partial charge < -0.3 is 9.84 Å². The molecule has 2 aromatic rings. The first-order valence-electron chi connectivity index (χ1n) is 6.13. The molecule has 0 aliphatic rings. The van der Waals surface area contributed by atoms with Gasteiger partial charge in [0.25, 0.3) is 0 Å². The third kappa shape index (κ3) is 3.97. The molecule has 0 aliphatic heterocycles. The second kappa shape index (κ2) is 7.12. The van der Waals surface area contributed by atoms with E-state index in [2.05, 4.69) is 16.8 Å². The van der Waals surface area contributed by atoms with Crippen LogP contribution in [0, 0.1) is 11.8 Å². The van der Waals surface area contributed by atoms with Crippen molar-refractivity contribution in [2.24, 2.45) is 0 Å². The third-order valence-electron chi connectivity index (χ3n) is 2.53. The fourth-order valence-electron chi connectivity index (χ4n) is 1.62. The van der Waals surface area contributed by atoms with Gasteiger partial charge in [0.15, 0.2) is 0 Å². The zero-order valence-electron chi connectivity index (χ0n) is 10.8. The van der Waals surface area contributed by atoms with Crippen LogP contribution in [0.5, 0.6) is 5.75 Å². The highest BCUT2D eigenvalue weighted by Crippen LogP contribution is 2.12. The molecule has 0 radical (unpaired) electrons. The SMILES string of the molecule is O=c1ncccn1CCOc1cccc(C#CCO)c1. The van der Waals surface area contributed by atoms with Crippen LogP contribution in [0.3, 0.4) is 0 Å². The molecule has 20 heavy (non-hydrogen) atoms. The molecule has 5 nitrogen and oxygen atoms in total. The molecule has 0 saturated carbocycles. The van der Waals surface area contributed by atoms with Gasteiger partial charge >= 0.3 is 5.69 Å². The molecule has 0 aliphatic carbocycles. The number of aliphatic hydroxyl groups is 1. The normalized spacial score (nSPS) is 9.65. The number of aromatic nitrogens is 2. The van der Waals surface area contributed by atoms with E-state index in [0.717, 1.165) is 5.56 Å². The Bertz CT molecular complexity index is 683. The average molecular weight is 270 g/mol. The Morgan fingerprint density at radius 2 is 2.25 bits per heavy atom. The molecular formula is C15H14N2O3. The minimum Gasteiger partial charge on any atom is -0.492 e. The molecule has 2 rings (SSSR count). The number of benzene rings is 1. The van der Waals surface area contributed by atoms with Crippen molar-refractivity contribution in [1.82, 2.24) is 9.55 Å². The van der Waals surface area contributed by atoms with Crippen LogP contribution in [0.15, 0.2) is 47.5 Å². The van der Waals surface area contributed by atoms with Gasteiger partial charge in [0.1, 0.15) is 19.0 Å². The molecule has 102 valence electrons. The molecule has 0 spiro atoms. The predicted octanol–water partition coefficient (Wildman–Crippen LogP) is 0.666. The van der Waals surface area contributed by atoms with Gasteiger partial charge in [0.05, 0.1) is 6.54 Å². The van der Waals surface area contributed by atoms with E-state index >= 15 is 0 Å². The second-order valence-corrected chi connectivity index (χ2v) is 3.93. The van der Waals surface area contributed by atoms with E-state index in [0.29, 0.717) is 18.9 Å². The first-order valence-corrected chi connectivity index (χ1v) is 6.13. The van der Waals surface area contributed by atoms with Crippen LogP contribution >= 0.6 is 0 Å². The van der Waals surface area contributed by atoms with E-state index in [9.17, 15) is 4.79 Å². The Labute approximate surface area is 116 Å². The summed E-state index contributed by atoms with van der Waals surface area (Å²) in [4.78, 5) is 15.1. The molecule has 1 aromatic heterocycles. The number of aliphatic hydroxyl groups excluding tert-OH is 1. The lowest BCUT2D eigenvalue weighted by molar-refractivity contribution is 0.295. The maximum Gasteiger partial charge on any atom is 0.347 e. The number of rotatable bonds is 4. The topological polar surface area (TPSA) is 64.4 Å². The van der Waals surface area contributed by atoms with Gasteiger partial charge in [-0.15, -0.1) is 0 Å². The summed E-state index contributed by atoms with van der Waals surface area (Å²) in [6.45, 7) is 0.622. The Morgan fingerprint density at radius 1 is 1.35 bits per heavy atom. The summed E-state index contributed by atoms with van der Waals surface area (Å²) < 4.78 is 7.05. The molecule has 0 fully saturated rings. The summed E-state index contributed by atoms with van der Waals surface area (Å²) in [6, 6.07) is 8.96. The van der Waals surface area contributed by atoms with E-state index in [1.807, 2.05) is 18.2 Å². The van der Waals surface area contributed by atoms with Crippen LogP contribution < -0.4 is 10.4 Å². The molecule has 1 N–H and O–H groups in total. The third-order valence-corrected chi connectivity index (χ3v) is 2.53. The quantitative estimate of drug-likeness (QED) is 0.829. The molecule has 1 heterocycles. The summed E-state index contributed by atoms with van der Waals surface area (Å²) >= 11 is 0. The van der Waals surface area contributed by atoms with Crippen LogP contribution in [0.1, 0.15) is 5.56 Å². The lowest BCUT2D eigenvalue weighted by Crippen LogP contribution is -2.24. The fourth-order valence-corrected chi connectivity index (χ4v) is 1.62. The molecule has 1 aromatic carbocycles. The Balaban J connectivity index is 1.94. The molecule has 0 atom stereocenters. The summed E-state index contributed by atoms with van der Waals surface area (Å²) in [5.41, 5.74) is 0.480. The van der Waals surface area contributed by atoms with Crippen LogP contribution in [-0.2, 0) is 6.54 Å². The number of nitrogens with zero attached hydrogens (tertiary/aromatic N) is 2. The largest absolute Gasteiger partial charge is 0.492 e. The van der Waals surface area contributed by atoms with Gasteiger partial charge in [0.2, 0.25) is 0 Å². The minimum atomic E-state index is -0.293. The van der Waals surface area contributed by atoms with Crippen molar-refractivity contribution in [3.63, 3.8) is 0 Å². The lowest BCUT2D eigenvalue weighted by atomic mass is 10.2. The summed E-state index contributed by atoms with van der Waals surface area (Å²) in [5, 5.41) is 8.65. The van der Waals surface area contributed by atoms with Crippen molar-refractivity contribution in [2.45, 2.75) is 6.54 Å². The number of ether oxygens (including phenoxy) is 1. The highest BCUT2D eigenvalue weighted by molar-refractivity contribution is 5.39. The van der Waals surface area contributed by atoms with Gasteiger partial charge in [-0.3, -0.25) is 4.57 Å². The van der Waals surface area contributed by atoms with Gasteiger partial charge in [-0.05, 0) is 24.3 Å². The highest BCUT2D eigenvalue weighted by Gasteiger charge is 1.97. The van der Waals surface area contributed by atoms with Crippen LogP contribution in [0.2, 0.25) is 0 Å². The maximum absolute atomic E-state index is 11.4. The Morgan fingerprint density at radius 3 is 3.05 bits per heavy atom. The Kier molecular flexibility index (Phi) is 4.93. The van der Waals surface area contributed by atoms with Crippen molar-refractivity contribution in [3.8, 4) is 17.6 Å². The maximum atomic E-state index is 11.4. The second-order valence-electron chi connectivity index (χ2n) is 3.93. The zero-order chi connectivity index (χ0) is 14.2. The first-order chi connectivity index (χ1) is 9.79. The number of hydrogen-bond acceptors (Lipinski definition) is 4. The molecule has 0 amide bonds. The van der Waals surface area contributed by atoms with Gasteiger partial charge in [0, 0.05) is 18.0 Å². The van der Waals surface area contributed by atoms with E-state index in [1.54, 1.807) is 18.3 Å². The molecule has 0 saturated heterocycles. The van der Waals surface area contributed by atoms with E-state index in [-0.39, 0.29) is 12.3 Å². The van der Waals surface area contributed by atoms with E-state index in [4.69, 9.17) is 9.84 Å². The van der Waals surface area contributed by atoms with Gasteiger partial charge in [-0.2, -0.15) is 0 Å². The number of hydrogen-bond donors (Lipinski definition) is 1. The van der Waals surface area contributed by atoms with Crippen molar-refractivity contribution < 1.29 is 9.84 Å². The minimum absolute atomic E-state index is 0.172. The molecule has 0 bridgehead atoms. The predicted molar refractivity (Wildman–Crippen MR) is 74.4 cm³/mol. The highest BCUT2D eigenvalue weighted by atomic mass is 16.5. The van der Waals surface area contributed by atoms with Crippen molar-refractivity contribution in [1.29, 1.82) is 0 Å². The summed E-state index contributed by atoms with van der Waals surface area (Å²) in [6.07, 6.45) is 3.13. The first kappa shape index (κ1) is 13.8. The average Bonchev–Trinajstić information content (AvgIpc) is 2.48. The summed E-state index contributed by atoms with van der Waals surface area (Å²) in [7, 11) is 0. The van der Waals surface area contributed by atoms with Gasteiger partial charge in [-0.1, -0.05) is 17.9 Å². The smallest absolute Gasteiger partial charge is 0.347 e. The standard InChI is InChI=1S/C15H14N2O3/c18-10-2-5-13-4-1-6-14(12-13)20-11-9-17-8-3-7-16-15(17)19/h1,3-4,6-8,12,18H,9-11H2.